The van der Waals surface area contributed by atoms with Crippen LogP contribution < -0.4 is 4.74 Å². The molecule has 0 bridgehead atoms. The topological polar surface area (TPSA) is 9.23 Å². The highest BCUT2D eigenvalue weighted by atomic mass is 35.6. The van der Waals surface area contributed by atoms with Gasteiger partial charge in [-0.05, 0) is 59.4 Å². The van der Waals surface area contributed by atoms with Gasteiger partial charge in [0.05, 0.1) is 0 Å². The number of ether oxygens (including phenoxy) is 1. The maximum absolute atomic E-state index is 13.0. The molecular formula is C8H5Cl3FO. The molecule has 1 aromatic rings. The molecule has 71 valence electrons. The molecule has 0 unspecified atom stereocenters. The molecule has 0 atom stereocenters. The molecule has 0 spiro atoms. The van der Waals surface area contributed by atoms with Crippen LogP contribution in [0.3, 0.4) is 0 Å². The zero-order valence-electron chi connectivity index (χ0n) is 6.36. The third-order valence-electron chi connectivity index (χ3n) is 1.22. The quantitative estimate of drug-likeness (QED) is 0.682. The van der Waals surface area contributed by atoms with Crippen molar-refractivity contribution >= 4 is 34.8 Å². The van der Waals surface area contributed by atoms with Crippen molar-refractivity contribution in [3.05, 3.63) is 36.5 Å². The highest BCUT2D eigenvalue weighted by Gasteiger charge is 2.23. The van der Waals surface area contributed by atoms with Gasteiger partial charge in [0, 0.05) is 0 Å². The Bertz CT molecular complexity index is 309. The lowest BCUT2D eigenvalue weighted by atomic mass is 10.2. The van der Waals surface area contributed by atoms with Gasteiger partial charge in [-0.15, -0.1) is 0 Å². The predicted octanol–water partition coefficient (Wildman–Crippen LogP) is 3.71. The Morgan fingerprint density at radius 2 is 1.92 bits per heavy atom. The Morgan fingerprint density at radius 3 is 2.38 bits per heavy atom. The summed E-state index contributed by atoms with van der Waals surface area (Å²) in [6, 6.07) is 4.08. The average molecular weight is 242 g/mol. The van der Waals surface area contributed by atoms with Gasteiger partial charge in [0.15, 0.2) is 11.6 Å². The number of hydrogen-bond donors (Lipinski definition) is 0. The number of hydrogen-bond acceptors (Lipinski definition) is 1. The molecule has 0 aromatic heterocycles. The van der Waals surface area contributed by atoms with Crippen LogP contribution in [-0.2, 0) is 0 Å². The van der Waals surface area contributed by atoms with Crippen LogP contribution in [0, 0.1) is 12.7 Å². The standard InChI is InChI=1S/C8H5Cl3FO/c1-5-2-3-7(6(12)4-5)13-8(9,10)11/h2-4H,1H2. The van der Waals surface area contributed by atoms with Gasteiger partial charge in [-0.3, -0.25) is 0 Å². The lowest BCUT2D eigenvalue weighted by molar-refractivity contribution is 0.303. The second-order valence-corrected chi connectivity index (χ2v) is 4.49. The van der Waals surface area contributed by atoms with Crippen LogP contribution in [0.15, 0.2) is 18.2 Å². The van der Waals surface area contributed by atoms with Crippen molar-refractivity contribution in [2.24, 2.45) is 0 Å². The molecule has 13 heavy (non-hydrogen) atoms. The van der Waals surface area contributed by atoms with E-state index >= 15 is 0 Å². The number of halogens is 4. The van der Waals surface area contributed by atoms with Crippen molar-refractivity contribution in [3.8, 4) is 5.75 Å². The molecule has 0 aliphatic carbocycles. The fourth-order valence-electron chi connectivity index (χ4n) is 0.752. The van der Waals surface area contributed by atoms with Gasteiger partial charge in [-0.2, -0.15) is 0 Å². The number of alkyl halides is 3. The Kier molecular flexibility index (Phi) is 3.28. The first-order valence-corrected chi connectivity index (χ1v) is 4.39. The molecule has 0 N–H and O–H groups in total. The van der Waals surface area contributed by atoms with Gasteiger partial charge in [0.1, 0.15) is 0 Å². The second kappa shape index (κ2) is 3.91. The molecule has 1 rings (SSSR count). The Morgan fingerprint density at radius 1 is 1.31 bits per heavy atom. The highest BCUT2D eigenvalue weighted by molar-refractivity contribution is 6.66. The zero-order chi connectivity index (χ0) is 10.1. The summed E-state index contributed by atoms with van der Waals surface area (Å²) in [5.74, 6) is -0.730. The third-order valence-corrected chi connectivity index (χ3v) is 1.45. The largest absolute Gasteiger partial charge is 0.442 e. The average Bonchev–Trinajstić information content (AvgIpc) is 1.93. The van der Waals surface area contributed by atoms with E-state index in [1.165, 1.54) is 12.1 Å². The van der Waals surface area contributed by atoms with Gasteiger partial charge >= 0.3 is 3.98 Å². The summed E-state index contributed by atoms with van der Waals surface area (Å²) < 4.78 is 15.8. The maximum atomic E-state index is 13.0. The van der Waals surface area contributed by atoms with Gasteiger partial charge < -0.3 is 4.74 Å². The molecular weight excluding hydrogens is 237 g/mol. The summed E-state index contributed by atoms with van der Waals surface area (Å²) in [5.41, 5.74) is 0.522. The fourth-order valence-corrected chi connectivity index (χ4v) is 1.00. The first-order valence-electron chi connectivity index (χ1n) is 3.26. The van der Waals surface area contributed by atoms with E-state index in [1.54, 1.807) is 6.07 Å². The molecule has 1 nitrogen and oxygen atoms in total. The molecule has 0 aliphatic rings. The van der Waals surface area contributed by atoms with E-state index in [0.717, 1.165) is 0 Å². The molecule has 1 radical (unpaired) electrons. The molecule has 0 aliphatic heterocycles. The van der Waals surface area contributed by atoms with E-state index in [1.807, 2.05) is 0 Å². The molecule has 0 fully saturated rings. The van der Waals surface area contributed by atoms with Crippen LogP contribution in [0.25, 0.3) is 0 Å². The summed E-state index contributed by atoms with van der Waals surface area (Å²) in [4.78, 5) is 0. The van der Waals surface area contributed by atoms with E-state index in [4.69, 9.17) is 34.8 Å². The van der Waals surface area contributed by atoms with E-state index < -0.39 is 9.80 Å². The van der Waals surface area contributed by atoms with Crippen molar-refractivity contribution in [2.75, 3.05) is 0 Å². The number of rotatable bonds is 1. The molecule has 0 saturated heterocycles. The van der Waals surface area contributed by atoms with Crippen molar-refractivity contribution < 1.29 is 9.13 Å². The van der Waals surface area contributed by atoms with Gasteiger partial charge in [-0.1, -0.05) is 6.07 Å². The van der Waals surface area contributed by atoms with E-state index in [2.05, 4.69) is 11.7 Å². The van der Waals surface area contributed by atoms with Crippen molar-refractivity contribution in [3.63, 3.8) is 0 Å². The Balaban J connectivity index is 2.90. The van der Waals surface area contributed by atoms with Crippen LogP contribution in [0.1, 0.15) is 5.56 Å². The van der Waals surface area contributed by atoms with E-state index in [9.17, 15) is 4.39 Å². The zero-order valence-corrected chi connectivity index (χ0v) is 8.63. The van der Waals surface area contributed by atoms with E-state index in [0.29, 0.717) is 5.56 Å². The van der Waals surface area contributed by atoms with Gasteiger partial charge in [0.25, 0.3) is 0 Å². The second-order valence-electron chi connectivity index (χ2n) is 2.31. The minimum absolute atomic E-state index is 0.118. The minimum atomic E-state index is -1.95. The highest BCUT2D eigenvalue weighted by Crippen LogP contribution is 2.31. The predicted molar refractivity (Wildman–Crippen MR) is 51.8 cm³/mol. The molecule has 5 heteroatoms. The van der Waals surface area contributed by atoms with Gasteiger partial charge in [0.2, 0.25) is 0 Å². The normalized spacial score (nSPS) is 11.5. The first kappa shape index (κ1) is 10.9. The van der Waals surface area contributed by atoms with Crippen molar-refractivity contribution in [1.82, 2.24) is 0 Å². The smallest absolute Gasteiger partial charge is 0.338 e. The van der Waals surface area contributed by atoms with Crippen LogP contribution >= 0.6 is 34.8 Å². The summed E-state index contributed by atoms with van der Waals surface area (Å²) in [7, 11) is 0. The number of benzene rings is 1. The SMILES string of the molecule is [CH2]c1ccc(OC(Cl)(Cl)Cl)c(F)c1. The van der Waals surface area contributed by atoms with E-state index in [-0.39, 0.29) is 5.75 Å². The molecule has 1 aromatic carbocycles. The van der Waals surface area contributed by atoms with Crippen LogP contribution in [0.5, 0.6) is 5.75 Å². The molecule has 0 amide bonds. The van der Waals surface area contributed by atoms with Crippen LogP contribution in [0.4, 0.5) is 4.39 Å². The summed E-state index contributed by atoms with van der Waals surface area (Å²) in [6.45, 7) is 3.52. The van der Waals surface area contributed by atoms with Crippen molar-refractivity contribution in [1.29, 1.82) is 0 Å². The third kappa shape index (κ3) is 3.59. The van der Waals surface area contributed by atoms with Crippen molar-refractivity contribution in [2.45, 2.75) is 3.98 Å². The lowest BCUT2D eigenvalue weighted by Crippen LogP contribution is -2.13. The van der Waals surface area contributed by atoms with Crippen LogP contribution in [0.2, 0.25) is 0 Å². The summed E-state index contributed by atoms with van der Waals surface area (Å²) in [6.07, 6.45) is 0. The van der Waals surface area contributed by atoms with Crippen LogP contribution in [-0.4, -0.2) is 3.98 Å². The first-order chi connectivity index (χ1) is 5.88. The lowest BCUT2D eigenvalue weighted by Gasteiger charge is -2.14. The molecule has 0 heterocycles. The molecule has 0 saturated carbocycles. The minimum Gasteiger partial charge on any atom is -0.442 e. The Hall–Kier alpha value is -0.180. The monoisotopic (exact) mass is 241 g/mol. The fraction of sp³-hybridized carbons (Fsp3) is 0.125. The summed E-state index contributed by atoms with van der Waals surface area (Å²) in [5, 5.41) is 0. The summed E-state index contributed by atoms with van der Waals surface area (Å²) >= 11 is 15.9. The maximum Gasteiger partial charge on any atom is 0.338 e. The van der Waals surface area contributed by atoms with Gasteiger partial charge in [-0.25, -0.2) is 4.39 Å². The Labute approximate surface area is 90.4 Å².